The van der Waals surface area contributed by atoms with Crippen LogP contribution in [0, 0.1) is 13.5 Å². The van der Waals surface area contributed by atoms with E-state index in [2.05, 4.69) is 50.2 Å². The number of azo groups is 1. The van der Waals surface area contributed by atoms with Gasteiger partial charge >= 0.3 is 12.0 Å². The van der Waals surface area contributed by atoms with Gasteiger partial charge in [-0.25, -0.2) is 14.8 Å². The number of nitrogens with two attached hydrogens (primary N) is 1. The van der Waals surface area contributed by atoms with Gasteiger partial charge in [0.2, 0.25) is 0 Å². The zero-order valence-corrected chi connectivity index (χ0v) is 17.1. The van der Waals surface area contributed by atoms with Crippen LogP contribution in [-0.4, -0.2) is 58.7 Å². The maximum absolute atomic E-state index is 7.41. The molecule has 2 N–H and O–H groups in total. The van der Waals surface area contributed by atoms with Crippen LogP contribution in [-0.2, 0) is 0 Å². The maximum atomic E-state index is 7.41. The number of hydrogen-bond acceptors (Lipinski definition) is 12. The molecular weight excluding hydrogens is 418 g/mol. The molecule has 4 aromatic heterocycles. The largest absolute Gasteiger partial charge is 0.467 e. The van der Waals surface area contributed by atoms with Gasteiger partial charge in [-0.2, -0.15) is 29.5 Å². The van der Waals surface area contributed by atoms with Crippen LogP contribution < -0.4 is 15.2 Å². The molecule has 0 radical (unpaired) electrons. The highest BCUT2D eigenvalue weighted by Gasteiger charge is 2.19. The van der Waals surface area contributed by atoms with Gasteiger partial charge in [0.1, 0.15) is 0 Å². The first-order valence-corrected chi connectivity index (χ1v) is 8.89. The summed E-state index contributed by atoms with van der Waals surface area (Å²) < 4.78 is 12.7. The van der Waals surface area contributed by atoms with Crippen molar-refractivity contribution in [3.63, 3.8) is 0 Å². The number of rotatable bonds is 6. The Morgan fingerprint density at radius 1 is 1.00 bits per heavy atom. The molecule has 0 spiro atoms. The lowest BCUT2D eigenvalue weighted by atomic mass is 10.4. The molecule has 0 unspecified atom stereocenters. The van der Waals surface area contributed by atoms with Crippen LogP contribution in [0.5, 0.6) is 12.0 Å². The summed E-state index contributed by atoms with van der Waals surface area (Å²) in [6.07, 6.45) is 4.44. The summed E-state index contributed by atoms with van der Waals surface area (Å²) in [5, 5.41) is 16.8. The predicted octanol–water partition coefficient (Wildman–Crippen LogP) is 1.91. The highest BCUT2D eigenvalue weighted by Crippen LogP contribution is 2.34. The van der Waals surface area contributed by atoms with E-state index in [-0.39, 0.29) is 46.9 Å². The monoisotopic (exact) mass is 433 g/mol. The molecule has 15 heteroatoms. The molecular formula is C17H15N13O2. The third-order valence-electron chi connectivity index (χ3n) is 4.03. The molecule has 160 valence electrons. The topological polar surface area (TPSA) is 174 Å². The highest BCUT2D eigenvalue weighted by atomic mass is 16.5. The van der Waals surface area contributed by atoms with Gasteiger partial charge in [0.15, 0.2) is 17.3 Å². The standard InChI is InChI=1S/C17H15N13O2/c1-9-11(12(18)29(28-9)14-20-6-5-7-21-14)26-27-13-10(19-2)8-22-30(13)15-23-16(31-3)25-17(24-15)32-4/h5-8H,18H2,1,3-4H3/b27-26+. The van der Waals surface area contributed by atoms with E-state index < -0.39 is 0 Å². The van der Waals surface area contributed by atoms with E-state index >= 15 is 0 Å². The van der Waals surface area contributed by atoms with Crippen molar-refractivity contribution in [3.05, 3.63) is 41.8 Å². The Bertz CT molecular complexity index is 1310. The van der Waals surface area contributed by atoms with Crippen molar-refractivity contribution in [3.8, 4) is 23.9 Å². The van der Waals surface area contributed by atoms with Crippen molar-refractivity contribution >= 4 is 23.0 Å². The summed E-state index contributed by atoms with van der Waals surface area (Å²) in [6, 6.07) is 1.67. The highest BCUT2D eigenvalue weighted by molar-refractivity contribution is 5.65. The SMILES string of the molecule is [C-]#[N+]c1cnn(-c2nc(OC)nc(OC)n2)c1/N=N/c1c(C)nn(-c2ncccn2)c1N. The van der Waals surface area contributed by atoms with Gasteiger partial charge in [0, 0.05) is 12.4 Å². The Kier molecular flexibility index (Phi) is 5.32. The van der Waals surface area contributed by atoms with Gasteiger partial charge in [0.25, 0.3) is 17.6 Å². The zero-order valence-electron chi connectivity index (χ0n) is 17.1. The molecule has 4 rings (SSSR count). The molecule has 0 aliphatic rings. The van der Waals surface area contributed by atoms with Crippen LogP contribution in [0.15, 0.2) is 34.9 Å². The number of anilines is 1. The third-order valence-corrected chi connectivity index (χ3v) is 4.03. The Labute approximate surface area is 180 Å². The summed E-state index contributed by atoms with van der Waals surface area (Å²) in [7, 11) is 2.79. The summed E-state index contributed by atoms with van der Waals surface area (Å²) >= 11 is 0. The first-order chi connectivity index (χ1) is 15.5. The lowest BCUT2D eigenvalue weighted by Crippen LogP contribution is -2.07. The van der Waals surface area contributed by atoms with Crippen molar-refractivity contribution in [1.82, 2.24) is 44.5 Å². The maximum Gasteiger partial charge on any atom is 0.324 e. The Hall–Kier alpha value is -5.00. The first kappa shape index (κ1) is 20.3. The van der Waals surface area contributed by atoms with E-state index in [0.29, 0.717) is 5.69 Å². The molecule has 0 aliphatic heterocycles. The predicted molar refractivity (Wildman–Crippen MR) is 109 cm³/mol. The van der Waals surface area contributed by atoms with Crippen molar-refractivity contribution in [2.24, 2.45) is 10.2 Å². The van der Waals surface area contributed by atoms with Gasteiger partial charge in [-0.1, -0.05) is 0 Å². The van der Waals surface area contributed by atoms with Crippen LogP contribution in [0.4, 0.5) is 23.0 Å². The molecule has 4 heterocycles. The van der Waals surface area contributed by atoms with Gasteiger partial charge in [-0.15, -0.1) is 15.2 Å². The summed E-state index contributed by atoms with van der Waals surface area (Å²) in [4.78, 5) is 23.9. The van der Waals surface area contributed by atoms with Crippen molar-refractivity contribution in [1.29, 1.82) is 0 Å². The molecule has 0 atom stereocenters. The second-order valence-corrected chi connectivity index (χ2v) is 5.97. The van der Waals surface area contributed by atoms with Crippen LogP contribution in [0.2, 0.25) is 0 Å². The molecule has 0 amide bonds. The normalized spacial score (nSPS) is 10.9. The van der Waals surface area contributed by atoms with Gasteiger partial charge in [-0.3, -0.25) is 0 Å². The molecule has 15 nitrogen and oxygen atoms in total. The zero-order chi connectivity index (χ0) is 22.7. The fraction of sp³-hybridized carbons (Fsp3) is 0.176. The Balaban J connectivity index is 1.78. The van der Waals surface area contributed by atoms with Gasteiger partial charge in [0.05, 0.1) is 32.7 Å². The van der Waals surface area contributed by atoms with E-state index in [1.807, 2.05) is 0 Å². The van der Waals surface area contributed by atoms with E-state index in [0.717, 1.165) is 0 Å². The smallest absolute Gasteiger partial charge is 0.324 e. The summed E-state index contributed by atoms with van der Waals surface area (Å²) in [6.45, 7) is 9.12. The first-order valence-electron chi connectivity index (χ1n) is 8.89. The number of ether oxygens (including phenoxy) is 2. The van der Waals surface area contributed by atoms with Crippen molar-refractivity contribution < 1.29 is 9.47 Å². The molecule has 4 aromatic rings. The minimum absolute atomic E-state index is 0.00109. The van der Waals surface area contributed by atoms with Crippen LogP contribution >= 0.6 is 0 Å². The lowest BCUT2D eigenvalue weighted by molar-refractivity contribution is 0.338. The molecule has 32 heavy (non-hydrogen) atoms. The number of nitrogens with zero attached hydrogens (tertiary/aromatic N) is 12. The van der Waals surface area contributed by atoms with E-state index in [1.165, 1.54) is 29.8 Å². The second-order valence-electron chi connectivity index (χ2n) is 5.97. The second kappa shape index (κ2) is 8.39. The quantitative estimate of drug-likeness (QED) is 0.349. The molecule has 0 saturated heterocycles. The van der Waals surface area contributed by atoms with Gasteiger partial charge < -0.3 is 15.2 Å². The Morgan fingerprint density at radius 3 is 2.31 bits per heavy atom. The van der Waals surface area contributed by atoms with Crippen LogP contribution in [0.25, 0.3) is 16.7 Å². The number of aromatic nitrogens is 9. The van der Waals surface area contributed by atoms with Crippen LogP contribution in [0.1, 0.15) is 5.69 Å². The van der Waals surface area contributed by atoms with Crippen molar-refractivity contribution in [2.45, 2.75) is 6.92 Å². The van der Waals surface area contributed by atoms with Crippen molar-refractivity contribution in [2.75, 3.05) is 20.0 Å². The van der Waals surface area contributed by atoms with Gasteiger partial charge in [-0.05, 0) is 13.0 Å². The minimum Gasteiger partial charge on any atom is -0.467 e. The summed E-state index contributed by atoms with van der Waals surface area (Å²) in [5.74, 6) is 0.552. The fourth-order valence-corrected chi connectivity index (χ4v) is 2.57. The Morgan fingerprint density at radius 2 is 1.69 bits per heavy atom. The average Bonchev–Trinajstić information content (AvgIpc) is 3.37. The molecule has 0 bridgehead atoms. The van der Waals surface area contributed by atoms with E-state index in [9.17, 15) is 0 Å². The van der Waals surface area contributed by atoms with E-state index in [4.69, 9.17) is 21.8 Å². The minimum atomic E-state index is -0.00109. The van der Waals surface area contributed by atoms with E-state index in [1.54, 1.807) is 25.4 Å². The fourth-order valence-electron chi connectivity index (χ4n) is 2.57. The molecule has 0 aromatic carbocycles. The number of nitrogen functional groups attached to an aromatic ring is 1. The number of hydrogen-bond donors (Lipinski definition) is 1. The lowest BCUT2D eigenvalue weighted by Gasteiger charge is -2.06. The molecule has 0 aliphatic carbocycles. The number of aryl methyl sites for hydroxylation is 1. The average molecular weight is 433 g/mol. The summed E-state index contributed by atoms with van der Waals surface area (Å²) in [5.41, 5.74) is 7.07. The van der Waals surface area contributed by atoms with Crippen LogP contribution in [0.3, 0.4) is 0 Å². The third kappa shape index (κ3) is 3.63. The molecule has 0 fully saturated rings. The molecule has 0 saturated carbocycles. The number of methoxy groups -OCH3 is 2.